The number of nitrogens with zero attached hydrogens (tertiary/aromatic N) is 3. The monoisotopic (exact) mass is 255 g/mol. The standard InChI is InChI=1S/C12H18ClN3O/c1-8-7-16(5-4-10(8)13)12-14-9(2)6-11(15-12)17-3/h6,8,10H,4-5,7H2,1-3H3. The van der Waals surface area contributed by atoms with Crippen LogP contribution < -0.4 is 9.64 Å². The molecule has 5 heteroatoms. The first-order valence-corrected chi connectivity index (χ1v) is 6.32. The van der Waals surface area contributed by atoms with Gasteiger partial charge in [-0.05, 0) is 19.3 Å². The van der Waals surface area contributed by atoms with Crippen LogP contribution in [0.3, 0.4) is 0 Å². The zero-order valence-electron chi connectivity index (χ0n) is 10.5. The first-order chi connectivity index (χ1) is 8.10. The second-order valence-electron chi connectivity index (χ2n) is 4.58. The summed E-state index contributed by atoms with van der Waals surface area (Å²) in [6.45, 7) is 5.92. The Morgan fingerprint density at radius 2 is 2.24 bits per heavy atom. The van der Waals surface area contributed by atoms with Crippen molar-refractivity contribution in [2.45, 2.75) is 25.6 Å². The van der Waals surface area contributed by atoms with Crippen molar-refractivity contribution >= 4 is 17.5 Å². The highest BCUT2D eigenvalue weighted by atomic mass is 35.5. The average Bonchev–Trinajstić information content (AvgIpc) is 2.32. The summed E-state index contributed by atoms with van der Waals surface area (Å²) in [5, 5.41) is 0.262. The maximum atomic E-state index is 6.22. The summed E-state index contributed by atoms with van der Waals surface area (Å²) < 4.78 is 5.17. The van der Waals surface area contributed by atoms with E-state index < -0.39 is 0 Å². The zero-order chi connectivity index (χ0) is 12.4. The molecular weight excluding hydrogens is 238 g/mol. The lowest BCUT2D eigenvalue weighted by atomic mass is 10.00. The summed E-state index contributed by atoms with van der Waals surface area (Å²) in [5.74, 6) is 1.82. The minimum absolute atomic E-state index is 0.262. The van der Waals surface area contributed by atoms with Gasteiger partial charge in [-0.3, -0.25) is 0 Å². The van der Waals surface area contributed by atoms with E-state index in [-0.39, 0.29) is 5.38 Å². The van der Waals surface area contributed by atoms with Gasteiger partial charge in [0.05, 0.1) is 7.11 Å². The molecule has 1 saturated heterocycles. The Balaban J connectivity index is 2.19. The van der Waals surface area contributed by atoms with Gasteiger partial charge in [-0.2, -0.15) is 4.98 Å². The van der Waals surface area contributed by atoms with E-state index in [9.17, 15) is 0 Å². The predicted molar refractivity (Wildman–Crippen MR) is 69.0 cm³/mol. The number of anilines is 1. The molecule has 1 aromatic rings. The van der Waals surface area contributed by atoms with Crippen molar-refractivity contribution in [1.82, 2.24) is 9.97 Å². The molecule has 4 nitrogen and oxygen atoms in total. The van der Waals surface area contributed by atoms with Crippen LogP contribution in [0, 0.1) is 12.8 Å². The van der Waals surface area contributed by atoms with Crippen molar-refractivity contribution in [2.24, 2.45) is 5.92 Å². The molecule has 2 unspecified atom stereocenters. The molecule has 94 valence electrons. The second-order valence-corrected chi connectivity index (χ2v) is 5.14. The van der Waals surface area contributed by atoms with Gasteiger partial charge in [0, 0.05) is 30.2 Å². The summed E-state index contributed by atoms with van der Waals surface area (Å²) in [5.41, 5.74) is 0.924. The molecule has 1 fully saturated rings. The number of hydrogen-bond acceptors (Lipinski definition) is 4. The molecule has 1 aliphatic rings. The van der Waals surface area contributed by atoms with E-state index in [2.05, 4.69) is 21.8 Å². The summed E-state index contributed by atoms with van der Waals surface area (Å²) in [4.78, 5) is 11.0. The van der Waals surface area contributed by atoms with E-state index in [0.717, 1.165) is 31.2 Å². The Bertz CT molecular complexity index is 399. The van der Waals surface area contributed by atoms with Gasteiger partial charge in [0.25, 0.3) is 0 Å². The first-order valence-electron chi connectivity index (χ1n) is 5.89. The largest absolute Gasteiger partial charge is 0.481 e. The third-order valence-corrected chi connectivity index (χ3v) is 3.76. The van der Waals surface area contributed by atoms with Gasteiger partial charge in [-0.25, -0.2) is 4.98 Å². The first kappa shape index (κ1) is 12.4. The number of methoxy groups -OCH3 is 1. The number of aromatic nitrogens is 2. The van der Waals surface area contributed by atoms with Crippen molar-refractivity contribution in [3.05, 3.63) is 11.8 Å². The number of aryl methyl sites for hydroxylation is 1. The number of hydrogen-bond donors (Lipinski definition) is 0. The third-order valence-electron chi connectivity index (χ3n) is 3.11. The molecule has 0 bridgehead atoms. The van der Waals surface area contributed by atoms with E-state index in [0.29, 0.717) is 11.8 Å². The molecule has 0 saturated carbocycles. The minimum atomic E-state index is 0.262. The lowest BCUT2D eigenvalue weighted by Crippen LogP contribution is -2.40. The number of alkyl halides is 1. The molecule has 0 amide bonds. The fourth-order valence-corrected chi connectivity index (χ4v) is 2.25. The summed E-state index contributed by atoms with van der Waals surface area (Å²) in [6, 6.07) is 1.83. The Labute approximate surface area is 107 Å². The normalized spacial score (nSPS) is 24.8. The molecule has 1 aliphatic heterocycles. The van der Waals surface area contributed by atoms with Crippen LogP contribution in [0.1, 0.15) is 19.0 Å². The number of halogens is 1. The molecule has 0 aliphatic carbocycles. The van der Waals surface area contributed by atoms with Gasteiger partial charge >= 0.3 is 0 Å². The maximum absolute atomic E-state index is 6.22. The van der Waals surface area contributed by atoms with Gasteiger partial charge in [0.1, 0.15) is 0 Å². The fraction of sp³-hybridized carbons (Fsp3) is 0.667. The summed E-state index contributed by atoms with van der Waals surface area (Å²) in [6.07, 6.45) is 0.975. The molecule has 0 radical (unpaired) electrons. The lowest BCUT2D eigenvalue weighted by Gasteiger charge is -2.34. The Kier molecular flexibility index (Phi) is 3.72. The molecular formula is C12H18ClN3O. The molecule has 2 atom stereocenters. The van der Waals surface area contributed by atoms with Crippen LogP contribution in [0.4, 0.5) is 5.95 Å². The lowest BCUT2D eigenvalue weighted by molar-refractivity contribution is 0.393. The van der Waals surface area contributed by atoms with E-state index in [1.54, 1.807) is 7.11 Å². The minimum Gasteiger partial charge on any atom is -0.481 e. The van der Waals surface area contributed by atoms with E-state index in [1.807, 2.05) is 13.0 Å². The van der Waals surface area contributed by atoms with Crippen LogP contribution >= 0.6 is 11.6 Å². The van der Waals surface area contributed by atoms with Gasteiger partial charge in [-0.1, -0.05) is 6.92 Å². The van der Waals surface area contributed by atoms with Crippen LogP contribution in [0.5, 0.6) is 5.88 Å². The zero-order valence-corrected chi connectivity index (χ0v) is 11.2. The third kappa shape index (κ3) is 2.80. The molecule has 0 aromatic carbocycles. The predicted octanol–water partition coefficient (Wildman–Crippen LogP) is 2.25. The van der Waals surface area contributed by atoms with Crippen LogP contribution in [0.15, 0.2) is 6.07 Å². The van der Waals surface area contributed by atoms with E-state index in [1.165, 1.54) is 0 Å². The highest BCUT2D eigenvalue weighted by Gasteiger charge is 2.26. The molecule has 2 heterocycles. The molecule has 2 rings (SSSR count). The van der Waals surface area contributed by atoms with E-state index >= 15 is 0 Å². The quantitative estimate of drug-likeness (QED) is 0.760. The fourth-order valence-electron chi connectivity index (χ4n) is 2.07. The van der Waals surface area contributed by atoms with Gasteiger partial charge in [0.2, 0.25) is 11.8 Å². The number of rotatable bonds is 2. The van der Waals surface area contributed by atoms with Crippen LogP contribution in [-0.2, 0) is 0 Å². The average molecular weight is 256 g/mol. The summed E-state index contributed by atoms with van der Waals surface area (Å²) in [7, 11) is 1.62. The second kappa shape index (κ2) is 5.08. The van der Waals surface area contributed by atoms with Gasteiger partial charge in [-0.15, -0.1) is 11.6 Å². The van der Waals surface area contributed by atoms with Crippen LogP contribution in [0.25, 0.3) is 0 Å². The van der Waals surface area contributed by atoms with Crippen LogP contribution in [-0.4, -0.2) is 35.5 Å². The molecule has 1 aromatic heterocycles. The van der Waals surface area contributed by atoms with E-state index in [4.69, 9.17) is 16.3 Å². The molecule has 0 spiro atoms. The smallest absolute Gasteiger partial charge is 0.228 e. The number of piperidine rings is 1. The van der Waals surface area contributed by atoms with Crippen molar-refractivity contribution in [3.63, 3.8) is 0 Å². The van der Waals surface area contributed by atoms with Crippen molar-refractivity contribution < 1.29 is 4.74 Å². The Morgan fingerprint density at radius 3 is 2.88 bits per heavy atom. The van der Waals surface area contributed by atoms with Crippen molar-refractivity contribution in [3.8, 4) is 5.88 Å². The highest BCUT2D eigenvalue weighted by Crippen LogP contribution is 2.25. The SMILES string of the molecule is COc1cc(C)nc(N2CCC(Cl)C(C)C2)n1. The summed E-state index contributed by atoms with van der Waals surface area (Å²) >= 11 is 6.22. The Hall–Kier alpha value is -1.03. The van der Waals surface area contributed by atoms with Crippen molar-refractivity contribution in [1.29, 1.82) is 0 Å². The van der Waals surface area contributed by atoms with Crippen LogP contribution in [0.2, 0.25) is 0 Å². The number of ether oxygens (including phenoxy) is 1. The van der Waals surface area contributed by atoms with Crippen molar-refractivity contribution in [2.75, 3.05) is 25.1 Å². The Morgan fingerprint density at radius 1 is 1.47 bits per heavy atom. The molecule has 17 heavy (non-hydrogen) atoms. The highest BCUT2D eigenvalue weighted by molar-refractivity contribution is 6.20. The topological polar surface area (TPSA) is 38.2 Å². The van der Waals surface area contributed by atoms with Gasteiger partial charge < -0.3 is 9.64 Å². The van der Waals surface area contributed by atoms with Gasteiger partial charge in [0.15, 0.2) is 0 Å². The molecule has 0 N–H and O–H groups in total. The maximum Gasteiger partial charge on any atom is 0.228 e.